The van der Waals surface area contributed by atoms with Gasteiger partial charge >= 0.3 is 11.9 Å². The third-order valence-corrected chi connectivity index (χ3v) is 1.94. The fourth-order valence-electron chi connectivity index (χ4n) is 1.19. The minimum Gasteiger partial charge on any atom is -0.455 e. The average Bonchev–Trinajstić information content (AvgIpc) is 2.25. The molecule has 0 fully saturated rings. The van der Waals surface area contributed by atoms with Crippen molar-refractivity contribution < 1.29 is 23.5 Å². The van der Waals surface area contributed by atoms with E-state index < -0.39 is 24.9 Å². The second-order valence-electron chi connectivity index (χ2n) is 2.99. The molecule has 1 aromatic carbocycles. The van der Waals surface area contributed by atoms with Crippen LogP contribution < -0.4 is 0 Å². The smallest absolute Gasteiger partial charge is 0.340 e. The van der Waals surface area contributed by atoms with Crippen molar-refractivity contribution in [1.82, 2.24) is 0 Å². The number of carbonyl (C=O) groups is 2. The number of carbonyl (C=O) groups excluding carboxylic acids is 2. The Morgan fingerprint density at radius 3 is 2.20 bits per heavy atom. The second kappa shape index (κ2) is 3.68. The minimum atomic E-state index is -1.92. The molecule has 2 bridgehead atoms. The summed E-state index contributed by atoms with van der Waals surface area (Å²) in [5.74, 6) is -1.41. The van der Waals surface area contributed by atoms with Gasteiger partial charge in [0, 0.05) is 0 Å². The van der Waals surface area contributed by atoms with E-state index >= 15 is 0 Å². The van der Waals surface area contributed by atoms with Gasteiger partial charge < -0.3 is 9.47 Å². The first-order valence-corrected chi connectivity index (χ1v) is 4.29. The number of rotatable bonds is 0. The lowest BCUT2D eigenvalue weighted by Crippen LogP contribution is -2.23. The molecule has 2 heterocycles. The van der Waals surface area contributed by atoms with Crippen molar-refractivity contribution in [3.63, 3.8) is 0 Å². The Morgan fingerprint density at radius 2 is 1.60 bits per heavy atom. The average molecular weight is 210 g/mol. The van der Waals surface area contributed by atoms with Crippen LogP contribution in [0.4, 0.5) is 4.39 Å². The molecule has 3 rings (SSSR count). The number of halogens is 1. The van der Waals surface area contributed by atoms with E-state index in [1.165, 1.54) is 24.3 Å². The van der Waals surface area contributed by atoms with Gasteiger partial charge in [-0.05, 0) is 24.3 Å². The van der Waals surface area contributed by atoms with Crippen molar-refractivity contribution in [3.8, 4) is 0 Å². The number of esters is 2. The largest absolute Gasteiger partial charge is 0.455 e. The Hall–Kier alpha value is -1.91. The van der Waals surface area contributed by atoms with Crippen molar-refractivity contribution in [1.29, 1.82) is 0 Å². The Kier molecular flexibility index (Phi) is 2.37. The Morgan fingerprint density at radius 1 is 1.07 bits per heavy atom. The molecule has 15 heavy (non-hydrogen) atoms. The highest BCUT2D eigenvalue weighted by atomic mass is 19.1. The maximum atomic E-state index is 12.9. The number of hydrogen-bond acceptors (Lipinski definition) is 4. The van der Waals surface area contributed by atoms with Crippen LogP contribution in [0.5, 0.6) is 0 Å². The Balaban J connectivity index is 2.39. The summed E-state index contributed by atoms with van der Waals surface area (Å²) in [5.41, 5.74) is 0.483. The number of alkyl halides is 1. The van der Waals surface area contributed by atoms with Crippen LogP contribution in [0.15, 0.2) is 24.3 Å². The van der Waals surface area contributed by atoms with Crippen molar-refractivity contribution in [2.45, 2.75) is 6.36 Å². The highest BCUT2D eigenvalue weighted by Gasteiger charge is 2.20. The maximum Gasteiger partial charge on any atom is 0.340 e. The van der Waals surface area contributed by atoms with Crippen LogP contribution >= 0.6 is 0 Å². The molecular weight excluding hydrogens is 203 g/mol. The van der Waals surface area contributed by atoms with E-state index in [1.807, 2.05) is 0 Å². The summed E-state index contributed by atoms with van der Waals surface area (Å²) in [7, 11) is 0. The SMILES string of the molecule is O=C1OCC(F)OC(=O)c2ccc1cc2. The first-order chi connectivity index (χ1) is 7.16. The molecule has 0 radical (unpaired) electrons. The zero-order valence-electron chi connectivity index (χ0n) is 7.60. The van der Waals surface area contributed by atoms with Crippen LogP contribution in [-0.2, 0) is 9.47 Å². The molecule has 0 saturated heterocycles. The van der Waals surface area contributed by atoms with E-state index in [0.29, 0.717) is 0 Å². The lowest BCUT2D eigenvalue weighted by atomic mass is 10.1. The fraction of sp³-hybridized carbons (Fsp3) is 0.200. The van der Waals surface area contributed by atoms with Crippen LogP contribution in [0.3, 0.4) is 0 Å². The predicted molar refractivity (Wildman–Crippen MR) is 47.0 cm³/mol. The van der Waals surface area contributed by atoms with Gasteiger partial charge in [-0.25, -0.2) is 9.59 Å². The number of ether oxygens (including phenoxy) is 2. The lowest BCUT2D eigenvalue weighted by molar-refractivity contribution is -0.0496. The molecule has 1 atom stereocenters. The van der Waals surface area contributed by atoms with Crippen LogP contribution in [0.2, 0.25) is 0 Å². The summed E-state index contributed by atoms with van der Waals surface area (Å²) < 4.78 is 21.8. The molecule has 2 aliphatic rings. The van der Waals surface area contributed by atoms with Gasteiger partial charge in [-0.15, -0.1) is 0 Å². The van der Waals surface area contributed by atoms with E-state index in [-0.39, 0.29) is 11.1 Å². The van der Waals surface area contributed by atoms with Gasteiger partial charge in [0.05, 0.1) is 11.1 Å². The van der Waals surface area contributed by atoms with E-state index in [9.17, 15) is 14.0 Å². The maximum absolute atomic E-state index is 12.9. The molecular formula is C10H7FO4. The fourth-order valence-corrected chi connectivity index (χ4v) is 1.19. The third-order valence-electron chi connectivity index (χ3n) is 1.94. The quantitative estimate of drug-likeness (QED) is 0.606. The first-order valence-electron chi connectivity index (χ1n) is 4.29. The summed E-state index contributed by atoms with van der Waals surface area (Å²) in [6, 6.07) is 5.63. The van der Waals surface area contributed by atoms with Gasteiger partial charge in [0.25, 0.3) is 6.36 Å². The molecule has 5 heteroatoms. The first kappa shape index (κ1) is 9.64. The topological polar surface area (TPSA) is 52.6 Å². The molecule has 78 valence electrons. The van der Waals surface area contributed by atoms with Gasteiger partial charge in [0.2, 0.25) is 0 Å². The molecule has 1 aromatic rings. The number of hydrogen-bond donors (Lipinski definition) is 0. The summed E-state index contributed by atoms with van der Waals surface area (Å²) in [5, 5.41) is 0. The zero-order chi connectivity index (χ0) is 10.8. The van der Waals surface area contributed by atoms with Gasteiger partial charge in [0.15, 0.2) is 6.61 Å². The summed E-state index contributed by atoms with van der Waals surface area (Å²) in [4.78, 5) is 22.5. The van der Waals surface area contributed by atoms with Crippen LogP contribution in [-0.4, -0.2) is 24.9 Å². The number of fused-ring (bicyclic) bond motifs is 7. The summed E-state index contributed by atoms with van der Waals surface area (Å²) >= 11 is 0. The van der Waals surface area contributed by atoms with Crippen molar-refractivity contribution in [2.24, 2.45) is 0 Å². The van der Waals surface area contributed by atoms with Gasteiger partial charge in [0.1, 0.15) is 0 Å². The molecule has 1 unspecified atom stereocenters. The van der Waals surface area contributed by atoms with Gasteiger partial charge in [-0.2, -0.15) is 4.39 Å². The van der Waals surface area contributed by atoms with Crippen LogP contribution in [0.25, 0.3) is 0 Å². The third kappa shape index (κ3) is 1.96. The summed E-state index contributed by atoms with van der Waals surface area (Å²) in [6.07, 6.45) is -1.92. The van der Waals surface area contributed by atoms with Crippen LogP contribution in [0.1, 0.15) is 20.7 Å². The second-order valence-corrected chi connectivity index (χ2v) is 2.99. The van der Waals surface area contributed by atoms with E-state index in [1.54, 1.807) is 0 Å². The Labute approximate surface area is 84.6 Å². The van der Waals surface area contributed by atoms with Crippen molar-refractivity contribution in [3.05, 3.63) is 35.4 Å². The van der Waals surface area contributed by atoms with E-state index in [4.69, 9.17) is 0 Å². The molecule has 4 nitrogen and oxygen atoms in total. The van der Waals surface area contributed by atoms with Crippen LogP contribution in [0, 0.1) is 0 Å². The standard InChI is InChI=1S/C10H7FO4/c11-8-5-14-9(12)6-1-3-7(4-2-6)10(13)15-8/h1-4,8H,5H2. The van der Waals surface area contributed by atoms with Crippen molar-refractivity contribution in [2.75, 3.05) is 6.61 Å². The molecule has 0 aromatic heterocycles. The highest BCUT2D eigenvalue weighted by Crippen LogP contribution is 2.12. The molecule has 0 aliphatic carbocycles. The zero-order valence-corrected chi connectivity index (χ0v) is 7.60. The Bertz CT molecular complexity index is 398. The molecule has 0 saturated carbocycles. The highest BCUT2D eigenvalue weighted by molar-refractivity contribution is 5.93. The monoisotopic (exact) mass is 210 g/mol. The summed E-state index contributed by atoms with van der Waals surface area (Å²) in [6.45, 7) is -0.580. The normalized spacial score (nSPS) is 20.7. The number of benzene rings is 1. The molecule has 0 spiro atoms. The predicted octanol–water partition coefficient (Wildman–Crippen LogP) is 1.31. The van der Waals surface area contributed by atoms with E-state index in [0.717, 1.165) is 0 Å². The van der Waals surface area contributed by atoms with Crippen molar-refractivity contribution >= 4 is 11.9 Å². The molecule has 2 aliphatic heterocycles. The van der Waals surface area contributed by atoms with Gasteiger partial charge in [-0.1, -0.05) is 0 Å². The molecule has 0 amide bonds. The minimum absolute atomic E-state index is 0.205. The molecule has 0 N–H and O–H groups in total. The van der Waals surface area contributed by atoms with E-state index in [2.05, 4.69) is 9.47 Å². The van der Waals surface area contributed by atoms with Gasteiger partial charge in [-0.3, -0.25) is 0 Å². The lowest BCUT2D eigenvalue weighted by Gasteiger charge is -2.13.